The Morgan fingerprint density at radius 2 is 0.395 bits per heavy atom. The minimum absolute atomic E-state index is 0.00891. The second-order valence-corrected chi connectivity index (χ2v) is 28.6. The highest BCUT2D eigenvalue weighted by Crippen LogP contribution is 2.17. The first-order valence-electron chi connectivity index (χ1n) is 39.7. The lowest BCUT2D eigenvalue weighted by atomic mass is 10.2. The van der Waals surface area contributed by atoms with Crippen molar-refractivity contribution in [1.29, 1.82) is 27.0 Å². The third-order valence-corrected chi connectivity index (χ3v) is 18.8. The SMILES string of the molecule is CC(=O)N(CCCCNC(=N)N)CC(=O)N(CC(=O)N(CCCCNC(=N)N)CC(=O)N(CC(=O)N(CCCCNC(=N)N)CC(=O)N(CC(=O)N(CCCCNC(=N)N)CC(=O)N(CC(=O)N(CCCCNC(=N)N)CC(=O)N(CC(N)=O)Cc1ccccc1)Cc1ccccc1)Cc1ccccc1)Cc1ccccc1)Cc1ccccc1. The Balaban J connectivity index is 1.52. The van der Waals surface area contributed by atoms with E-state index in [0.29, 0.717) is 79.3 Å². The van der Waals surface area contributed by atoms with Gasteiger partial charge < -0.3 is 110 Å². The Morgan fingerprint density at radius 3 is 0.571 bits per heavy atom. The molecular weight excluding hydrogens is 1530 g/mol. The maximum Gasteiger partial charge on any atom is 0.242 e. The quantitative estimate of drug-likeness (QED) is 0.0139. The van der Waals surface area contributed by atoms with Crippen molar-refractivity contribution in [2.75, 3.05) is 131 Å². The Hall–Kier alpha value is -13.4. The molecule has 0 aliphatic heterocycles. The molecule has 37 nitrogen and oxygen atoms in total. The van der Waals surface area contributed by atoms with Crippen LogP contribution in [0.4, 0.5) is 0 Å². The van der Waals surface area contributed by atoms with Crippen LogP contribution in [0.25, 0.3) is 0 Å². The van der Waals surface area contributed by atoms with Gasteiger partial charge in [0, 0.05) is 105 Å². The Labute approximate surface area is 695 Å². The monoisotopic (exact) mass is 1640 g/mol. The van der Waals surface area contributed by atoms with E-state index in [1.54, 1.807) is 152 Å². The van der Waals surface area contributed by atoms with Gasteiger partial charge in [0.15, 0.2) is 29.8 Å². The van der Waals surface area contributed by atoms with Gasteiger partial charge in [0.2, 0.25) is 65.0 Å². The highest BCUT2D eigenvalue weighted by atomic mass is 16.2. The first-order valence-corrected chi connectivity index (χ1v) is 39.7. The lowest BCUT2D eigenvalue weighted by molar-refractivity contribution is -0.149. The van der Waals surface area contributed by atoms with Gasteiger partial charge in [-0.1, -0.05) is 152 Å². The average Bonchev–Trinajstić information content (AvgIpc) is 0.841. The van der Waals surface area contributed by atoms with Gasteiger partial charge in [-0.3, -0.25) is 79.8 Å². The summed E-state index contributed by atoms with van der Waals surface area (Å²) in [4.78, 5) is 174. The molecule has 5 aromatic rings. The number of benzene rings is 5. The molecule has 11 amide bonds. The topological polar surface area (TPSA) is 556 Å². The van der Waals surface area contributed by atoms with E-state index in [-0.39, 0.29) is 153 Å². The summed E-state index contributed by atoms with van der Waals surface area (Å²) in [5.41, 5.74) is 36.7. The number of hydrogen-bond acceptors (Lipinski definition) is 16. The van der Waals surface area contributed by atoms with Crippen LogP contribution in [0.2, 0.25) is 0 Å². The first-order chi connectivity index (χ1) is 57.0. The zero-order valence-electron chi connectivity index (χ0n) is 68.1. The molecule has 0 saturated carbocycles. The number of hydrogen-bond donors (Lipinski definition) is 16. The standard InChI is InChI=1S/C82H120N26O11/c1-62(109)99(42-22-17-37-94-78(84)85)53-73(115)105(48-64-29-9-3-10-30-64)58-69(111)101(44-24-19-39-96-80(88)89)55-75(117)107(50-66-33-13-5-14-34-66)60-71(113)103(46-26-21-41-98-82(92)93)57-77(119)108(51-67-35-15-6-16-36-67)61-72(114)102(45-25-20-40-97-81(90)91)56-76(118)106(49-65-31-11-4-12-32-65)59-70(112)100(43-23-18-38-95-79(86)87)54-74(116)104(52-68(83)110)47-63-27-7-2-8-28-63/h2-16,27-36H,17-26,37-61H2,1H3,(H2,83,110)(H4,84,85,94)(H4,86,87,95)(H4,88,89,96)(H4,90,91,97)(H4,92,93,98). The molecule has 0 fully saturated rings. The summed E-state index contributed by atoms with van der Waals surface area (Å²) in [5.74, 6) is -8.56. The van der Waals surface area contributed by atoms with E-state index in [0.717, 1.165) is 0 Å². The van der Waals surface area contributed by atoms with Crippen LogP contribution in [0.3, 0.4) is 0 Å². The third kappa shape index (κ3) is 39.7. The first kappa shape index (κ1) is 96.2. The molecular formula is C82H120N26O11. The molecule has 0 atom stereocenters. The van der Waals surface area contributed by atoms with Crippen molar-refractivity contribution in [3.63, 3.8) is 0 Å². The second kappa shape index (κ2) is 53.7. The van der Waals surface area contributed by atoms with Crippen molar-refractivity contribution in [1.82, 2.24) is 75.6 Å². The Morgan fingerprint density at radius 1 is 0.235 bits per heavy atom. The molecule has 0 unspecified atom stereocenters. The molecule has 119 heavy (non-hydrogen) atoms. The normalized spacial score (nSPS) is 10.6. The van der Waals surface area contributed by atoms with Crippen LogP contribution in [-0.4, -0.2) is 275 Å². The van der Waals surface area contributed by atoms with Crippen molar-refractivity contribution < 1.29 is 52.7 Å². The predicted molar refractivity (Wildman–Crippen MR) is 453 cm³/mol. The van der Waals surface area contributed by atoms with Gasteiger partial charge in [-0.15, -0.1) is 0 Å². The maximum absolute atomic E-state index is 15.5. The zero-order valence-corrected chi connectivity index (χ0v) is 68.1. The average molecular weight is 1650 g/mol. The number of nitrogens with zero attached hydrogens (tertiary/aromatic N) is 10. The highest BCUT2D eigenvalue weighted by Gasteiger charge is 2.33. The van der Waals surface area contributed by atoms with Crippen LogP contribution < -0.4 is 61.0 Å². The van der Waals surface area contributed by atoms with Crippen LogP contribution in [-0.2, 0) is 85.5 Å². The number of unbranched alkanes of at least 4 members (excludes halogenated alkanes) is 5. The number of carbonyl (C=O) groups excluding carboxylic acids is 11. The van der Waals surface area contributed by atoms with Gasteiger partial charge in [-0.05, 0) is 92.0 Å². The minimum Gasteiger partial charge on any atom is -0.370 e. The van der Waals surface area contributed by atoms with E-state index in [2.05, 4.69) is 26.6 Å². The highest BCUT2D eigenvalue weighted by molar-refractivity contribution is 5.95. The van der Waals surface area contributed by atoms with E-state index in [1.807, 2.05) is 0 Å². The number of nitrogens with two attached hydrogens (primary N) is 6. The molecule has 0 spiro atoms. The van der Waals surface area contributed by atoms with Gasteiger partial charge in [0.05, 0.1) is 39.3 Å². The third-order valence-electron chi connectivity index (χ3n) is 18.8. The molecule has 0 aromatic heterocycles. The number of rotatable bonds is 55. The number of primary amides is 1. The Bertz CT molecular complexity index is 4100. The van der Waals surface area contributed by atoms with Crippen LogP contribution in [0, 0.1) is 27.0 Å². The van der Waals surface area contributed by atoms with Gasteiger partial charge in [0.1, 0.15) is 26.2 Å². The molecule has 0 saturated heterocycles. The lowest BCUT2D eigenvalue weighted by Crippen LogP contribution is -2.52. The molecule has 0 heterocycles. The van der Waals surface area contributed by atoms with Crippen molar-refractivity contribution in [3.05, 3.63) is 179 Å². The van der Waals surface area contributed by atoms with Crippen molar-refractivity contribution in [2.24, 2.45) is 34.4 Å². The van der Waals surface area contributed by atoms with Crippen LogP contribution in [0.1, 0.15) is 98.9 Å². The number of guanidine groups is 5. The Kier molecular flexibility index (Phi) is 43.4. The molecule has 37 heteroatoms. The molecule has 0 radical (unpaired) electrons. The van der Waals surface area contributed by atoms with E-state index in [4.69, 9.17) is 61.4 Å². The molecule has 0 aliphatic rings. The summed E-state index contributed by atoms with van der Waals surface area (Å²) in [6, 6.07) is 44.0. The molecule has 5 aromatic carbocycles. The number of amides is 11. The predicted octanol–water partition coefficient (Wildman–Crippen LogP) is 0.0950. The second-order valence-electron chi connectivity index (χ2n) is 28.6. The van der Waals surface area contributed by atoms with Crippen molar-refractivity contribution in [2.45, 2.75) is 104 Å². The van der Waals surface area contributed by atoms with Crippen LogP contribution in [0.15, 0.2) is 152 Å². The summed E-state index contributed by atoms with van der Waals surface area (Å²) < 4.78 is 0. The maximum atomic E-state index is 15.5. The summed E-state index contributed by atoms with van der Waals surface area (Å²) in [6.45, 7) is -3.72. The molecule has 5 rings (SSSR count). The summed E-state index contributed by atoms with van der Waals surface area (Å²) in [5, 5.41) is 52.1. The minimum atomic E-state index is -0.791. The van der Waals surface area contributed by atoms with Gasteiger partial charge in [-0.2, -0.15) is 0 Å². The molecule has 0 bridgehead atoms. The van der Waals surface area contributed by atoms with E-state index >= 15 is 28.8 Å². The fourth-order valence-corrected chi connectivity index (χ4v) is 12.5. The summed E-state index contributed by atoms with van der Waals surface area (Å²) in [7, 11) is 0. The fourth-order valence-electron chi connectivity index (χ4n) is 12.5. The van der Waals surface area contributed by atoms with Gasteiger partial charge in [-0.25, -0.2) is 0 Å². The van der Waals surface area contributed by atoms with Gasteiger partial charge in [0.25, 0.3) is 0 Å². The van der Waals surface area contributed by atoms with E-state index < -0.39 is 118 Å². The van der Waals surface area contributed by atoms with Gasteiger partial charge >= 0.3 is 0 Å². The largest absolute Gasteiger partial charge is 0.370 e. The van der Waals surface area contributed by atoms with E-state index in [1.165, 1.54) is 55.9 Å². The van der Waals surface area contributed by atoms with Crippen LogP contribution in [0.5, 0.6) is 0 Å². The smallest absolute Gasteiger partial charge is 0.242 e. The lowest BCUT2D eigenvalue weighted by Gasteiger charge is -2.33. The fraction of sp³-hybridized carbons (Fsp3) is 0.439. The molecule has 0 aliphatic carbocycles. The molecule has 22 N–H and O–H groups in total. The summed E-state index contributed by atoms with van der Waals surface area (Å²) >= 11 is 0. The molecule has 644 valence electrons. The van der Waals surface area contributed by atoms with E-state index in [9.17, 15) is 24.0 Å². The summed E-state index contributed by atoms with van der Waals surface area (Å²) in [6.07, 6.45) is 3.51. The zero-order chi connectivity index (χ0) is 86.9. The number of nitrogens with one attached hydrogen (secondary N) is 10. The van der Waals surface area contributed by atoms with Crippen LogP contribution >= 0.6 is 0 Å². The van der Waals surface area contributed by atoms with Crippen molar-refractivity contribution in [3.8, 4) is 0 Å². The number of carbonyl (C=O) groups is 11. The van der Waals surface area contributed by atoms with Crippen molar-refractivity contribution >= 4 is 94.8 Å².